The predicted molar refractivity (Wildman–Crippen MR) is 121 cm³/mol. The highest BCUT2D eigenvalue weighted by Gasteiger charge is 2.25. The number of fused-ring (bicyclic) bond motifs is 1. The van der Waals surface area contributed by atoms with Gasteiger partial charge >= 0.3 is 0 Å². The fraction of sp³-hybridized carbons (Fsp3) is 0.500. The van der Waals surface area contributed by atoms with Crippen LogP contribution in [0.25, 0.3) is 0 Å². The third kappa shape index (κ3) is 5.58. The molecular formula is C24H34ClNO3. The van der Waals surface area contributed by atoms with E-state index in [2.05, 4.69) is 43.9 Å². The molecule has 160 valence electrons. The Morgan fingerprint density at radius 2 is 1.79 bits per heavy atom. The van der Waals surface area contributed by atoms with E-state index in [-0.39, 0.29) is 23.9 Å². The molecule has 4 nitrogen and oxygen atoms in total. The summed E-state index contributed by atoms with van der Waals surface area (Å²) in [6.07, 6.45) is 4.11. The van der Waals surface area contributed by atoms with Gasteiger partial charge in [0.25, 0.3) is 0 Å². The van der Waals surface area contributed by atoms with E-state index < -0.39 is 0 Å². The van der Waals surface area contributed by atoms with E-state index in [0.717, 1.165) is 56.6 Å². The largest absolute Gasteiger partial charge is 0.504 e. The van der Waals surface area contributed by atoms with Crippen LogP contribution in [0.5, 0.6) is 17.2 Å². The van der Waals surface area contributed by atoms with Crippen molar-refractivity contribution < 1.29 is 14.9 Å². The number of para-hydroxylation sites is 1. The number of benzene rings is 2. The zero-order chi connectivity index (χ0) is 20.1. The molecule has 0 bridgehead atoms. The number of hydrogen-bond acceptors (Lipinski definition) is 4. The van der Waals surface area contributed by atoms with Crippen LogP contribution in [0.3, 0.4) is 0 Å². The van der Waals surface area contributed by atoms with Crippen LogP contribution < -0.4 is 4.74 Å². The molecule has 1 aliphatic carbocycles. The Labute approximate surface area is 180 Å². The van der Waals surface area contributed by atoms with E-state index in [0.29, 0.717) is 12.5 Å². The van der Waals surface area contributed by atoms with Crippen molar-refractivity contribution in [1.29, 1.82) is 0 Å². The first-order valence-corrected chi connectivity index (χ1v) is 10.5. The molecule has 5 heteroatoms. The van der Waals surface area contributed by atoms with E-state index in [1.165, 1.54) is 16.7 Å². The standard InChI is InChI=1S/C24H33NO3.ClH/c1-4-13-25(14-15-28-24-17(2)7-5-8-18(24)3)16-19-9-6-10-21-20(19)11-12-22(26)23(21)27;/h5,7-8,11-12,19,26-27H,4,6,9-10,13-16H2,1-3H3;1H. The molecule has 2 N–H and O–H groups in total. The van der Waals surface area contributed by atoms with Crippen LogP contribution in [0.2, 0.25) is 0 Å². The summed E-state index contributed by atoms with van der Waals surface area (Å²) in [7, 11) is 0. The lowest BCUT2D eigenvalue weighted by molar-refractivity contribution is 0.194. The van der Waals surface area contributed by atoms with Crippen LogP contribution in [0.1, 0.15) is 54.4 Å². The Bertz CT molecular complexity index is 789. The summed E-state index contributed by atoms with van der Waals surface area (Å²) in [4.78, 5) is 2.47. The van der Waals surface area contributed by atoms with Crippen LogP contribution in [-0.4, -0.2) is 41.4 Å². The number of hydrogen-bond donors (Lipinski definition) is 2. The second kappa shape index (κ2) is 10.7. The molecule has 0 aliphatic heterocycles. The van der Waals surface area contributed by atoms with Crippen LogP contribution in [0.15, 0.2) is 30.3 Å². The molecular weight excluding hydrogens is 386 g/mol. The zero-order valence-corrected chi connectivity index (χ0v) is 18.6. The maximum atomic E-state index is 10.2. The summed E-state index contributed by atoms with van der Waals surface area (Å²) in [5.74, 6) is 1.46. The smallest absolute Gasteiger partial charge is 0.160 e. The Morgan fingerprint density at radius 1 is 1.07 bits per heavy atom. The third-order valence-electron chi connectivity index (χ3n) is 5.80. The lowest BCUT2D eigenvalue weighted by Crippen LogP contribution is -2.34. The molecule has 3 rings (SSSR count). The average Bonchev–Trinajstić information content (AvgIpc) is 2.67. The van der Waals surface area contributed by atoms with Gasteiger partial charge in [0, 0.05) is 18.7 Å². The molecule has 0 fully saturated rings. The summed E-state index contributed by atoms with van der Waals surface area (Å²) >= 11 is 0. The van der Waals surface area contributed by atoms with Crippen molar-refractivity contribution in [3.63, 3.8) is 0 Å². The zero-order valence-electron chi connectivity index (χ0n) is 17.8. The van der Waals surface area contributed by atoms with Gasteiger partial charge in [0.05, 0.1) is 0 Å². The van der Waals surface area contributed by atoms with Gasteiger partial charge in [0.1, 0.15) is 12.4 Å². The monoisotopic (exact) mass is 419 g/mol. The average molecular weight is 420 g/mol. The van der Waals surface area contributed by atoms with Gasteiger partial charge in [-0.2, -0.15) is 0 Å². The lowest BCUT2D eigenvalue weighted by Gasteiger charge is -2.32. The van der Waals surface area contributed by atoms with Gasteiger partial charge in [-0.25, -0.2) is 0 Å². The number of nitrogens with zero attached hydrogens (tertiary/aromatic N) is 1. The minimum Gasteiger partial charge on any atom is -0.504 e. The minimum absolute atomic E-state index is 0. The van der Waals surface area contributed by atoms with Crippen LogP contribution >= 0.6 is 12.4 Å². The quantitative estimate of drug-likeness (QED) is 0.566. The predicted octanol–water partition coefficient (Wildman–Crippen LogP) is 5.35. The fourth-order valence-electron chi connectivity index (χ4n) is 4.38. The van der Waals surface area contributed by atoms with Crippen molar-refractivity contribution >= 4 is 12.4 Å². The normalized spacial score (nSPS) is 15.7. The molecule has 0 aromatic heterocycles. The van der Waals surface area contributed by atoms with Crippen molar-refractivity contribution in [2.45, 2.75) is 52.4 Å². The molecule has 0 heterocycles. The van der Waals surface area contributed by atoms with Gasteiger partial charge in [-0.15, -0.1) is 12.4 Å². The maximum absolute atomic E-state index is 10.2. The van der Waals surface area contributed by atoms with Crippen molar-refractivity contribution in [2.75, 3.05) is 26.2 Å². The van der Waals surface area contributed by atoms with Gasteiger partial charge in [0.2, 0.25) is 0 Å². The van der Waals surface area contributed by atoms with Gasteiger partial charge < -0.3 is 14.9 Å². The Hall–Kier alpha value is -1.91. The summed E-state index contributed by atoms with van der Waals surface area (Å²) in [5, 5.41) is 20.1. The first kappa shape index (κ1) is 23.4. The van der Waals surface area contributed by atoms with Gasteiger partial charge in [-0.1, -0.05) is 31.2 Å². The van der Waals surface area contributed by atoms with Crippen molar-refractivity contribution in [3.8, 4) is 17.2 Å². The SMILES string of the molecule is CCCN(CCOc1c(C)cccc1C)CC1CCCc2c1ccc(O)c2O.Cl. The van der Waals surface area contributed by atoms with Crippen LogP contribution in [0, 0.1) is 13.8 Å². The Morgan fingerprint density at radius 3 is 2.48 bits per heavy atom. The first-order valence-electron chi connectivity index (χ1n) is 10.5. The van der Waals surface area contributed by atoms with Gasteiger partial charge in [0.15, 0.2) is 11.5 Å². The highest BCUT2D eigenvalue weighted by Crippen LogP contribution is 2.40. The highest BCUT2D eigenvalue weighted by atomic mass is 35.5. The molecule has 0 saturated carbocycles. The summed E-state index contributed by atoms with van der Waals surface area (Å²) in [6, 6.07) is 9.86. The van der Waals surface area contributed by atoms with E-state index in [9.17, 15) is 10.2 Å². The van der Waals surface area contributed by atoms with Gasteiger partial charge in [-0.05, 0) is 74.8 Å². The third-order valence-corrected chi connectivity index (χ3v) is 5.80. The highest BCUT2D eigenvalue weighted by molar-refractivity contribution is 5.85. The molecule has 29 heavy (non-hydrogen) atoms. The summed E-state index contributed by atoms with van der Waals surface area (Å²) in [5.41, 5.74) is 4.48. The summed E-state index contributed by atoms with van der Waals surface area (Å²) in [6.45, 7) is 9.94. The van der Waals surface area contributed by atoms with Crippen molar-refractivity contribution in [3.05, 3.63) is 52.6 Å². The number of phenolic OH excluding ortho intramolecular Hbond substituents is 2. The molecule has 0 radical (unpaired) electrons. The number of aryl methyl sites for hydroxylation is 2. The van der Waals surface area contributed by atoms with Crippen LogP contribution in [-0.2, 0) is 6.42 Å². The number of phenols is 2. The van der Waals surface area contributed by atoms with E-state index in [1.807, 2.05) is 6.07 Å². The molecule has 0 saturated heterocycles. The molecule has 1 atom stereocenters. The van der Waals surface area contributed by atoms with Crippen molar-refractivity contribution in [1.82, 2.24) is 4.90 Å². The molecule has 0 spiro atoms. The molecule has 1 unspecified atom stereocenters. The van der Waals surface area contributed by atoms with Gasteiger partial charge in [-0.3, -0.25) is 4.90 Å². The van der Waals surface area contributed by atoms with Crippen molar-refractivity contribution in [2.24, 2.45) is 0 Å². The second-order valence-corrected chi connectivity index (χ2v) is 7.96. The molecule has 2 aromatic rings. The lowest BCUT2D eigenvalue weighted by atomic mass is 9.82. The number of rotatable bonds is 8. The fourth-order valence-corrected chi connectivity index (χ4v) is 4.38. The van der Waals surface area contributed by atoms with E-state index in [1.54, 1.807) is 6.07 Å². The number of aromatic hydroxyl groups is 2. The minimum atomic E-state index is -0.00758. The Kier molecular flexibility index (Phi) is 8.66. The van der Waals surface area contributed by atoms with E-state index >= 15 is 0 Å². The Balaban J connectivity index is 0.00000300. The molecule has 2 aromatic carbocycles. The number of halogens is 1. The van der Waals surface area contributed by atoms with E-state index in [4.69, 9.17) is 4.74 Å². The number of ether oxygens (including phenoxy) is 1. The molecule has 0 amide bonds. The topological polar surface area (TPSA) is 52.9 Å². The molecule has 1 aliphatic rings. The van der Waals surface area contributed by atoms with Crippen LogP contribution in [0.4, 0.5) is 0 Å². The summed E-state index contributed by atoms with van der Waals surface area (Å²) < 4.78 is 6.12. The maximum Gasteiger partial charge on any atom is 0.160 e. The second-order valence-electron chi connectivity index (χ2n) is 7.96. The first-order chi connectivity index (χ1) is 13.5.